The summed E-state index contributed by atoms with van der Waals surface area (Å²) >= 11 is 1.42. The van der Waals surface area contributed by atoms with E-state index in [1.54, 1.807) is 0 Å². The second-order valence-electron chi connectivity index (χ2n) is 2.79. The van der Waals surface area contributed by atoms with Gasteiger partial charge in [-0.3, -0.25) is 14.5 Å². The highest BCUT2D eigenvalue weighted by Crippen LogP contribution is 2.22. The molecular weight excluding hydrogens is 208 g/mol. The molecule has 7 heteroatoms. The van der Waals surface area contributed by atoms with E-state index in [0.29, 0.717) is 11.6 Å². The Balaban J connectivity index is 2.67. The predicted molar refractivity (Wildman–Crippen MR) is 50.8 cm³/mol. The molecule has 0 saturated carbocycles. The Hall–Kier alpha value is -0.950. The first kappa shape index (κ1) is 11.1. The zero-order chi connectivity index (χ0) is 10.7. The molecule has 0 aromatic carbocycles. The van der Waals surface area contributed by atoms with Gasteiger partial charge in [0.2, 0.25) is 0 Å². The molecule has 0 aromatic heterocycles. The molecule has 0 aliphatic carbocycles. The monoisotopic (exact) mass is 220 g/mol. The first-order valence-electron chi connectivity index (χ1n) is 3.97. The van der Waals surface area contributed by atoms with E-state index in [1.807, 2.05) is 0 Å². The van der Waals surface area contributed by atoms with E-state index in [1.165, 1.54) is 25.9 Å². The molecule has 1 fully saturated rings. The summed E-state index contributed by atoms with van der Waals surface area (Å²) < 4.78 is 0. The van der Waals surface area contributed by atoms with Gasteiger partial charge in [-0.25, -0.2) is 9.86 Å². The van der Waals surface area contributed by atoms with Crippen LogP contribution in [0.2, 0.25) is 0 Å². The third-order valence-electron chi connectivity index (χ3n) is 2.00. The zero-order valence-corrected chi connectivity index (χ0v) is 8.78. The van der Waals surface area contributed by atoms with Crippen molar-refractivity contribution in [1.29, 1.82) is 0 Å². The Morgan fingerprint density at radius 2 is 2.29 bits per heavy atom. The Morgan fingerprint density at radius 3 is 2.79 bits per heavy atom. The lowest BCUT2D eigenvalue weighted by Gasteiger charge is -2.23. The SMILES string of the molecule is CON(C)C(=O)[C@@H]1CSCN1C(=O)O. The van der Waals surface area contributed by atoms with Crippen molar-refractivity contribution in [1.82, 2.24) is 9.96 Å². The summed E-state index contributed by atoms with van der Waals surface area (Å²) in [5.74, 6) is 0.488. The van der Waals surface area contributed by atoms with E-state index in [9.17, 15) is 9.59 Å². The maximum Gasteiger partial charge on any atom is 0.408 e. The van der Waals surface area contributed by atoms with Gasteiger partial charge in [0.25, 0.3) is 5.91 Å². The van der Waals surface area contributed by atoms with Gasteiger partial charge in [-0.15, -0.1) is 11.8 Å². The lowest BCUT2D eigenvalue weighted by atomic mass is 10.3. The molecule has 0 aromatic rings. The molecule has 0 bridgehead atoms. The third kappa shape index (κ3) is 2.10. The third-order valence-corrected chi connectivity index (χ3v) is 3.01. The smallest absolute Gasteiger partial charge is 0.408 e. The fraction of sp³-hybridized carbons (Fsp3) is 0.714. The van der Waals surface area contributed by atoms with Gasteiger partial charge >= 0.3 is 6.09 Å². The number of hydrogen-bond donors (Lipinski definition) is 1. The number of carboxylic acid groups (broad SMARTS) is 1. The van der Waals surface area contributed by atoms with Crippen molar-refractivity contribution in [2.75, 3.05) is 25.8 Å². The Labute approximate surface area is 85.8 Å². The number of nitrogens with zero attached hydrogens (tertiary/aromatic N) is 2. The molecule has 1 atom stereocenters. The lowest BCUT2D eigenvalue weighted by molar-refractivity contribution is -0.172. The Kier molecular flexibility index (Phi) is 3.59. The van der Waals surface area contributed by atoms with Crippen LogP contribution in [-0.4, -0.2) is 58.9 Å². The van der Waals surface area contributed by atoms with E-state index < -0.39 is 12.1 Å². The van der Waals surface area contributed by atoms with Crippen LogP contribution in [0, 0.1) is 0 Å². The van der Waals surface area contributed by atoms with Crippen molar-refractivity contribution in [2.24, 2.45) is 0 Å². The van der Waals surface area contributed by atoms with E-state index in [4.69, 9.17) is 9.94 Å². The fourth-order valence-electron chi connectivity index (χ4n) is 1.14. The average molecular weight is 220 g/mol. The number of carbonyl (C=O) groups excluding carboxylic acids is 1. The van der Waals surface area contributed by atoms with E-state index >= 15 is 0 Å². The molecule has 80 valence electrons. The van der Waals surface area contributed by atoms with Gasteiger partial charge in [-0.2, -0.15) is 0 Å². The van der Waals surface area contributed by atoms with Crippen LogP contribution in [0.5, 0.6) is 0 Å². The van der Waals surface area contributed by atoms with Crippen molar-refractivity contribution in [2.45, 2.75) is 6.04 Å². The molecule has 0 spiro atoms. The second kappa shape index (κ2) is 4.52. The lowest BCUT2D eigenvalue weighted by Crippen LogP contribution is -2.47. The summed E-state index contributed by atoms with van der Waals surface area (Å²) in [7, 11) is 2.83. The highest BCUT2D eigenvalue weighted by molar-refractivity contribution is 7.99. The number of thioether (sulfide) groups is 1. The van der Waals surface area contributed by atoms with E-state index in [0.717, 1.165) is 9.96 Å². The number of hydroxylamine groups is 2. The molecule has 1 aliphatic heterocycles. The largest absolute Gasteiger partial charge is 0.465 e. The van der Waals surface area contributed by atoms with E-state index in [2.05, 4.69) is 0 Å². The van der Waals surface area contributed by atoms with Crippen LogP contribution in [0.3, 0.4) is 0 Å². The topological polar surface area (TPSA) is 70.1 Å². The first-order valence-corrected chi connectivity index (χ1v) is 5.12. The Morgan fingerprint density at radius 1 is 1.64 bits per heavy atom. The molecule has 0 radical (unpaired) electrons. The fourth-order valence-corrected chi connectivity index (χ4v) is 2.27. The van der Waals surface area contributed by atoms with Crippen molar-refractivity contribution >= 4 is 23.8 Å². The highest BCUT2D eigenvalue weighted by Gasteiger charge is 2.36. The molecule has 1 saturated heterocycles. The molecular formula is C7H12N2O4S. The normalized spacial score (nSPS) is 21.0. The van der Waals surface area contributed by atoms with Crippen molar-refractivity contribution in [3.63, 3.8) is 0 Å². The highest BCUT2D eigenvalue weighted by atomic mass is 32.2. The van der Waals surface area contributed by atoms with Crippen LogP contribution in [0.1, 0.15) is 0 Å². The number of likely N-dealkylation sites (N-methyl/N-ethyl adjacent to an activating group) is 1. The summed E-state index contributed by atoms with van der Waals surface area (Å²) in [4.78, 5) is 28.1. The molecule has 2 amide bonds. The number of carbonyl (C=O) groups is 2. The first-order chi connectivity index (χ1) is 6.57. The van der Waals surface area contributed by atoms with Crippen LogP contribution in [-0.2, 0) is 9.63 Å². The molecule has 6 nitrogen and oxygen atoms in total. The van der Waals surface area contributed by atoms with Gasteiger partial charge in [0, 0.05) is 12.8 Å². The predicted octanol–water partition coefficient (Wildman–Crippen LogP) is 0.0591. The molecule has 1 heterocycles. The van der Waals surface area contributed by atoms with Crippen LogP contribution in [0.4, 0.5) is 4.79 Å². The van der Waals surface area contributed by atoms with Crippen LogP contribution >= 0.6 is 11.8 Å². The molecule has 1 rings (SSSR count). The van der Waals surface area contributed by atoms with Gasteiger partial charge in [0.1, 0.15) is 6.04 Å². The van der Waals surface area contributed by atoms with Gasteiger partial charge in [-0.05, 0) is 0 Å². The molecule has 14 heavy (non-hydrogen) atoms. The van der Waals surface area contributed by atoms with Gasteiger partial charge in [0.15, 0.2) is 0 Å². The minimum Gasteiger partial charge on any atom is -0.465 e. The van der Waals surface area contributed by atoms with Crippen molar-refractivity contribution in [3.05, 3.63) is 0 Å². The van der Waals surface area contributed by atoms with Crippen LogP contribution in [0.25, 0.3) is 0 Å². The van der Waals surface area contributed by atoms with Crippen LogP contribution in [0.15, 0.2) is 0 Å². The molecule has 1 N–H and O–H groups in total. The summed E-state index contributed by atoms with van der Waals surface area (Å²) in [5.41, 5.74) is 0. The standard InChI is InChI=1S/C7H12N2O4S/c1-8(13-2)6(10)5-3-14-4-9(5)7(11)12/h5H,3-4H2,1-2H3,(H,11,12)/t5-/m0/s1. The van der Waals surface area contributed by atoms with Crippen molar-refractivity contribution < 1.29 is 19.5 Å². The second-order valence-corrected chi connectivity index (χ2v) is 3.79. The number of amides is 2. The van der Waals surface area contributed by atoms with Crippen LogP contribution < -0.4 is 0 Å². The minimum absolute atomic E-state index is 0.333. The number of rotatable bonds is 2. The summed E-state index contributed by atoms with van der Waals surface area (Å²) in [6.45, 7) is 0. The quantitative estimate of drug-likeness (QED) is 0.666. The van der Waals surface area contributed by atoms with Gasteiger partial charge < -0.3 is 5.11 Å². The maximum absolute atomic E-state index is 11.6. The summed E-state index contributed by atoms with van der Waals surface area (Å²) in [5, 5.41) is 9.84. The molecule has 0 unspecified atom stereocenters. The summed E-state index contributed by atoms with van der Waals surface area (Å²) in [6.07, 6.45) is -1.07. The van der Waals surface area contributed by atoms with Gasteiger partial charge in [-0.1, -0.05) is 0 Å². The van der Waals surface area contributed by atoms with E-state index in [-0.39, 0.29) is 5.91 Å². The minimum atomic E-state index is -1.07. The summed E-state index contributed by atoms with van der Waals surface area (Å²) in [6, 6.07) is -0.623. The van der Waals surface area contributed by atoms with Gasteiger partial charge in [0.05, 0.1) is 13.0 Å². The zero-order valence-electron chi connectivity index (χ0n) is 7.97. The maximum atomic E-state index is 11.6. The van der Waals surface area contributed by atoms with Crippen molar-refractivity contribution in [3.8, 4) is 0 Å². The molecule has 1 aliphatic rings. The Bertz CT molecular complexity index is 248. The average Bonchev–Trinajstić information content (AvgIpc) is 2.63. The number of hydrogen-bond acceptors (Lipinski definition) is 4.